The molecule has 2 rings (SSSR count). The van der Waals surface area contributed by atoms with E-state index >= 15 is 0 Å². The van der Waals surface area contributed by atoms with E-state index in [9.17, 15) is 14.0 Å². The van der Waals surface area contributed by atoms with Crippen LogP contribution in [0.25, 0.3) is 0 Å². The first-order valence-corrected chi connectivity index (χ1v) is 8.46. The van der Waals surface area contributed by atoms with Crippen LogP contribution in [0.1, 0.15) is 30.6 Å². The van der Waals surface area contributed by atoms with Crippen LogP contribution >= 0.6 is 0 Å². The van der Waals surface area contributed by atoms with Crippen molar-refractivity contribution in [2.45, 2.75) is 26.3 Å². The number of hydrogen-bond donors (Lipinski definition) is 2. The van der Waals surface area contributed by atoms with Crippen LogP contribution in [0.2, 0.25) is 0 Å². The van der Waals surface area contributed by atoms with E-state index in [-0.39, 0.29) is 23.5 Å². The zero-order valence-corrected chi connectivity index (χ0v) is 15.1. The first kappa shape index (κ1) is 19.4. The molecule has 0 radical (unpaired) electrons. The van der Waals surface area contributed by atoms with Crippen LogP contribution < -0.4 is 15.4 Å². The van der Waals surface area contributed by atoms with Crippen molar-refractivity contribution in [1.29, 1.82) is 0 Å². The van der Waals surface area contributed by atoms with Gasteiger partial charge in [0, 0.05) is 11.6 Å². The molecule has 0 bridgehead atoms. The van der Waals surface area contributed by atoms with E-state index < -0.39 is 11.9 Å². The Hall–Kier alpha value is -2.89. The first-order chi connectivity index (χ1) is 12.5. The molecule has 0 fully saturated rings. The maximum absolute atomic E-state index is 13.3. The molecule has 2 aromatic rings. The SMILES string of the molecule is CCC(C)C(NC(=O)c1ccccc1)C(=O)Nc1ccc(F)cc1OC. The minimum absolute atomic E-state index is 0.0888. The Balaban J connectivity index is 2.18. The Morgan fingerprint density at radius 1 is 1.15 bits per heavy atom. The number of carbonyl (C=O) groups excluding carboxylic acids is 2. The van der Waals surface area contributed by atoms with Gasteiger partial charge in [0.15, 0.2) is 0 Å². The standard InChI is InChI=1S/C20H23FN2O3/c1-4-13(2)18(23-19(24)14-8-6-5-7-9-14)20(25)22-16-11-10-15(21)12-17(16)26-3/h5-13,18H,4H2,1-3H3,(H,22,25)(H,23,24). The average Bonchev–Trinajstić information content (AvgIpc) is 2.67. The van der Waals surface area contributed by atoms with Crippen molar-refractivity contribution < 1.29 is 18.7 Å². The van der Waals surface area contributed by atoms with Gasteiger partial charge in [-0.15, -0.1) is 0 Å². The molecule has 5 nitrogen and oxygen atoms in total. The lowest BCUT2D eigenvalue weighted by molar-refractivity contribution is -0.119. The number of benzene rings is 2. The largest absolute Gasteiger partial charge is 0.494 e. The lowest BCUT2D eigenvalue weighted by Crippen LogP contribution is -2.47. The van der Waals surface area contributed by atoms with Crippen LogP contribution in [0.5, 0.6) is 5.75 Å². The van der Waals surface area contributed by atoms with Gasteiger partial charge in [0.2, 0.25) is 5.91 Å². The van der Waals surface area contributed by atoms with Crippen LogP contribution in [-0.2, 0) is 4.79 Å². The van der Waals surface area contributed by atoms with Gasteiger partial charge in [-0.2, -0.15) is 0 Å². The lowest BCUT2D eigenvalue weighted by atomic mass is 9.97. The van der Waals surface area contributed by atoms with Crippen molar-refractivity contribution in [3.8, 4) is 5.75 Å². The van der Waals surface area contributed by atoms with Crippen LogP contribution in [0, 0.1) is 11.7 Å². The predicted molar refractivity (Wildman–Crippen MR) is 98.7 cm³/mol. The van der Waals surface area contributed by atoms with Crippen molar-refractivity contribution in [2.24, 2.45) is 5.92 Å². The summed E-state index contributed by atoms with van der Waals surface area (Å²) >= 11 is 0. The van der Waals surface area contributed by atoms with E-state index in [0.29, 0.717) is 17.7 Å². The van der Waals surface area contributed by atoms with Gasteiger partial charge in [-0.1, -0.05) is 38.5 Å². The zero-order chi connectivity index (χ0) is 19.1. The second-order valence-electron chi connectivity index (χ2n) is 6.04. The van der Waals surface area contributed by atoms with Gasteiger partial charge in [-0.3, -0.25) is 9.59 Å². The molecule has 138 valence electrons. The Labute approximate surface area is 152 Å². The number of methoxy groups -OCH3 is 1. The third-order valence-electron chi connectivity index (χ3n) is 4.24. The van der Waals surface area contributed by atoms with E-state index in [1.54, 1.807) is 24.3 Å². The quantitative estimate of drug-likeness (QED) is 0.794. The molecule has 2 amide bonds. The zero-order valence-electron chi connectivity index (χ0n) is 15.1. The monoisotopic (exact) mass is 358 g/mol. The summed E-state index contributed by atoms with van der Waals surface area (Å²) in [5.41, 5.74) is 0.828. The molecule has 0 spiro atoms. The molecule has 2 aromatic carbocycles. The topological polar surface area (TPSA) is 67.4 Å². The molecule has 0 aliphatic rings. The summed E-state index contributed by atoms with van der Waals surface area (Å²) in [4.78, 5) is 25.2. The molecule has 0 saturated carbocycles. The summed E-state index contributed by atoms with van der Waals surface area (Å²) in [6.07, 6.45) is 0.702. The van der Waals surface area contributed by atoms with Crippen LogP contribution in [0.4, 0.5) is 10.1 Å². The van der Waals surface area contributed by atoms with Crippen molar-refractivity contribution in [2.75, 3.05) is 12.4 Å². The number of halogens is 1. The summed E-state index contributed by atoms with van der Waals surface area (Å²) in [7, 11) is 1.40. The Morgan fingerprint density at radius 3 is 2.46 bits per heavy atom. The molecule has 0 aliphatic carbocycles. The van der Waals surface area contributed by atoms with Crippen molar-refractivity contribution >= 4 is 17.5 Å². The summed E-state index contributed by atoms with van der Waals surface area (Å²) in [6.45, 7) is 3.83. The number of ether oxygens (including phenoxy) is 1. The summed E-state index contributed by atoms with van der Waals surface area (Å²) < 4.78 is 18.4. The molecule has 0 heterocycles. The molecule has 2 N–H and O–H groups in total. The maximum Gasteiger partial charge on any atom is 0.251 e. The molecular formula is C20H23FN2O3. The predicted octanol–water partition coefficient (Wildman–Crippen LogP) is 3.62. The normalized spacial score (nSPS) is 12.8. The highest BCUT2D eigenvalue weighted by molar-refractivity contribution is 6.01. The third-order valence-corrected chi connectivity index (χ3v) is 4.24. The molecule has 26 heavy (non-hydrogen) atoms. The van der Waals surface area contributed by atoms with Gasteiger partial charge in [0.25, 0.3) is 5.91 Å². The van der Waals surface area contributed by atoms with E-state index in [2.05, 4.69) is 10.6 Å². The highest BCUT2D eigenvalue weighted by Gasteiger charge is 2.27. The van der Waals surface area contributed by atoms with Gasteiger partial charge in [0.05, 0.1) is 12.8 Å². The highest BCUT2D eigenvalue weighted by Crippen LogP contribution is 2.25. The molecular weight excluding hydrogens is 335 g/mol. The molecule has 0 aromatic heterocycles. The Bertz CT molecular complexity index is 765. The van der Waals surface area contributed by atoms with Crippen LogP contribution in [0.3, 0.4) is 0 Å². The fraction of sp³-hybridized carbons (Fsp3) is 0.300. The van der Waals surface area contributed by atoms with E-state index in [1.165, 1.54) is 25.3 Å². The third kappa shape index (κ3) is 4.81. The number of amides is 2. The van der Waals surface area contributed by atoms with E-state index in [1.807, 2.05) is 19.9 Å². The fourth-order valence-electron chi connectivity index (χ4n) is 2.49. The highest BCUT2D eigenvalue weighted by atomic mass is 19.1. The second-order valence-corrected chi connectivity index (χ2v) is 6.04. The fourth-order valence-corrected chi connectivity index (χ4v) is 2.49. The van der Waals surface area contributed by atoms with Gasteiger partial charge < -0.3 is 15.4 Å². The summed E-state index contributed by atoms with van der Waals surface area (Å²) in [5, 5.41) is 5.50. The van der Waals surface area contributed by atoms with Gasteiger partial charge in [-0.25, -0.2) is 4.39 Å². The minimum Gasteiger partial charge on any atom is -0.494 e. The van der Waals surface area contributed by atoms with Crippen molar-refractivity contribution in [3.63, 3.8) is 0 Å². The van der Waals surface area contributed by atoms with Crippen LogP contribution in [-0.4, -0.2) is 25.0 Å². The summed E-state index contributed by atoms with van der Waals surface area (Å²) in [5.74, 6) is -1.04. The summed E-state index contributed by atoms with van der Waals surface area (Å²) in [6, 6.07) is 11.8. The average molecular weight is 358 g/mol. The van der Waals surface area contributed by atoms with Gasteiger partial charge >= 0.3 is 0 Å². The molecule has 2 atom stereocenters. The van der Waals surface area contributed by atoms with Gasteiger partial charge in [0.1, 0.15) is 17.6 Å². The molecule has 0 saturated heterocycles. The van der Waals surface area contributed by atoms with Crippen molar-refractivity contribution in [3.05, 3.63) is 59.9 Å². The molecule has 2 unspecified atom stereocenters. The number of rotatable bonds is 7. The van der Waals surface area contributed by atoms with Crippen molar-refractivity contribution in [1.82, 2.24) is 5.32 Å². The Kier molecular flexibility index (Phi) is 6.72. The minimum atomic E-state index is -0.734. The van der Waals surface area contributed by atoms with E-state index in [0.717, 1.165) is 0 Å². The van der Waals surface area contributed by atoms with Gasteiger partial charge in [-0.05, 0) is 30.2 Å². The number of anilines is 1. The molecule has 6 heteroatoms. The first-order valence-electron chi connectivity index (χ1n) is 8.46. The number of nitrogens with one attached hydrogen (secondary N) is 2. The lowest BCUT2D eigenvalue weighted by Gasteiger charge is -2.24. The Morgan fingerprint density at radius 2 is 1.85 bits per heavy atom. The molecule has 0 aliphatic heterocycles. The smallest absolute Gasteiger partial charge is 0.251 e. The maximum atomic E-state index is 13.3. The number of carbonyl (C=O) groups is 2. The number of hydrogen-bond acceptors (Lipinski definition) is 3. The van der Waals surface area contributed by atoms with Crippen LogP contribution in [0.15, 0.2) is 48.5 Å². The second kappa shape index (κ2) is 8.99. The van der Waals surface area contributed by atoms with E-state index in [4.69, 9.17) is 4.74 Å².